The molecule has 0 saturated carbocycles. The number of hydrogen-bond acceptors (Lipinski definition) is 3. The van der Waals surface area contributed by atoms with E-state index in [-0.39, 0.29) is 18.4 Å². The molecule has 22 heavy (non-hydrogen) atoms. The van der Waals surface area contributed by atoms with Crippen LogP contribution in [0.15, 0.2) is 42.5 Å². The van der Waals surface area contributed by atoms with E-state index >= 15 is 0 Å². The third kappa shape index (κ3) is 3.20. The van der Waals surface area contributed by atoms with Crippen LogP contribution in [0.1, 0.15) is 15.9 Å². The third-order valence-corrected chi connectivity index (χ3v) is 3.49. The van der Waals surface area contributed by atoms with Crippen molar-refractivity contribution in [1.82, 2.24) is 5.32 Å². The lowest BCUT2D eigenvalue weighted by Crippen LogP contribution is -2.27. The Hall–Kier alpha value is -2.53. The Morgan fingerprint density at radius 2 is 2.00 bits per heavy atom. The third-order valence-electron chi connectivity index (χ3n) is 3.24. The van der Waals surface area contributed by atoms with Crippen LogP contribution >= 0.6 is 11.6 Å². The number of ether oxygens (including phenoxy) is 1. The summed E-state index contributed by atoms with van der Waals surface area (Å²) in [6, 6.07) is 12.2. The minimum atomic E-state index is -0.230. The molecule has 2 amide bonds. The highest BCUT2D eigenvalue weighted by Gasteiger charge is 2.17. The largest absolute Gasteiger partial charge is 0.482 e. The number of fused-ring (bicyclic) bond motifs is 1. The van der Waals surface area contributed by atoms with Gasteiger partial charge < -0.3 is 15.4 Å². The van der Waals surface area contributed by atoms with E-state index in [0.717, 1.165) is 5.56 Å². The average Bonchev–Trinajstić information content (AvgIpc) is 2.53. The second-order valence-electron chi connectivity index (χ2n) is 4.86. The highest BCUT2D eigenvalue weighted by atomic mass is 35.5. The summed E-state index contributed by atoms with van der Waals surface area (Å²) in [5.74, 6) is 0.109. The molecule has 0 unspecified atom stereocenters. The normalized spacial score (nSPS) is 12.9. The lowest BCUT2D eigenvalue weighted by Gasteiger charge is -2.18. The number of nitrogens with one attached hydrogen (secondary N) is 2. The molecule has 0 aliphatic carbocycles. The van der Waals surface area contributed by atoms with Gasteiger partial charge in [-0.1, -0.05) is 23.7 Å². The summed E-state index contributed by atoms with van der Waals surface area (Å²) in [5, 5.41) is 6.15. The van der Waals surface area contributed by atoms with E-state index in [1.54, 1.807) is 30.3 Å². The van der Waals surface area contributed by atoms with Crippen molar-refractivity contribution < 1.29 is 14.3 Å². The van der Waals surface area contributed by atoms with Crippen molar-refractivity contribution in [2.75, 3.05) is 11.9 Å². The summed E-state index contributed by atoms with van der Waals surface area (Å²) in [6.07, 6.45) is 0. The maximum Gasteiger partial charge on any atom is 0.262 e. The topological polar surface area (TPSA) is 67.4 Å². The van der Waals surface area contributed by atoms with Crippen LogP contribution in [-0.2, 0) is 11.3 Å². The Balaban J connectivity index is 1.68. The molecule has 0 atom stereocenters. The summed E-state index contributed by atoms with van der Waals surface area (Å²) in [6.45, 7) is 0.394. The Morgan fingerprint density at radius 3 is 2.77 bits per heavy atom. The fraction of sp³-hybridized carbons (Fsp3) is 0.125. The van der Waals surface area contributed by atoms with Gasteiger partial charge in [-0.05, 0) is 35.9 Å². The number of carbonyl (C=O) groups excluding carboxylic acids is 2. The second kappa shape index (κ2) is 6.07. The van der Waals surface area contributed by atoms with E-state index in [4.69, 9.17) is 16.3 Å². The van der Waals surface area contributed by atoms with E-state index in [2.05, 4.69) is 10.6 Å². The summed E-state index contributed by atoms with van der Waals surface area (Å²) < 4.78 is 5.25. The van der Waals surface area contributed by atoms with Crippen LogP contribution in [0, 0.1) is 0 Å². The highest BCUT2D eigenvalue weighted by Crippen LogP contribution is 2.28. The summed E-state index contributed by atoms with van der Waals surface area (Å²) >= 11 is 5.82. The average molecular weight is 317 g/mol. The zero-order chi connectivity index (χ0) is 15.5. The molecule has 1 aliphatic heterocycles. The number of halogens is 1. The Kier molecular flexibility index (Phi) is 3.98. The van der Waals surface area contributed by atoms with E-state index in [1.165, 1.54) is 0 Å². The molecule has 3 rings (SSSR count). The summed E-state index contributed by atoms with van der Waals surface area (Å²) in [4.78, 5) is 23.5. The molecule has 0 saturated heterocycles. The number of amides is 2. The lowest BCUT2D eigenvalue weighted by atomic mass is 10.1. The minimum absolute atomic E-state index is 0.00485. The number of hydrogen-bond donors (Lipinski definition) is 2. The van der Waals surface area contributed by atoms with Gasteiger partial charge in [-0.2, -0.15) is 0 Å². The molecule has 0 spiro atoms. The van der Waals surface area contributed by atoms with Gasteiger partial charge in [-0.3, -0.25) is 9.59 Å². The van der Waals surface area contributed by atoms with Crippen molar-refractivity contribution in [2.45, 2.75) is 6.54 Å². The molecule has 5 nitrogen and oxygen atoms in total. The zero-order valence-electron chi connectivity index (χ0n) is 11.6. The predicted octanol–water partition coefficient (Wildman–Crippen LogP) is 2.60. The van der Waals surface area contributed by atoms with Crippen LogP contribution in [0.25, 0.3) is 0 Å². The van der Waals surface area contributed by atoms with Gasteiger partial charge in [-0.25, -0.2) is 0 Å². The van der Waals surface area contributed by atoms with Crippen LogP contribution in [0.5, 0.6) is 5.75 Å². The number of benzene rings is 2. The fourth-order valence-corrected chi connectivity index (χ4v) is 2.24. The molecule has 0 bridgehead atoms. The fourth-order valence-electron chi connectivity index (χ4n) is 2.11. The van der Waals surface area contributed by atoms with Crippen LogP contribution < -0.4 is 15.4 Å². The predicted molar refractivity (Wildman–Crippen MR) is 83.2 cm³/mol. The zero-order valence-corrected chi connectivity index (χ0v) is 12.3. The monoisotopic (exact) mass is 316 g/mol. The lowest BCUT2D eigenvalue weighted by molar-refractivity contribution is -0.118. The first-order chi connectivity index (χ1) is 10.6. The van der Waals surface area contributed by atoms with E-state index in [0.29, 0.717) is 28.6 Å². The molecular weight excluding hydrogens is 304 g/mol. The smallest absolute Gasteiger partial charge is 0.262 e. The van der Waals surface area contributed by atoms with Gasteiger partial charge in [0.15, 0.2) is 6.61 Å². The van der Waals surface area contributed by atoms with Crippen LogP contribution in [-0.4, -0.2) is 18.4 Å². The number of anilines is 1. The van der Waals surface area contributed by atoms with Crippen molar-refractivity contribution >= 4 is 29.1 Å². The molecule has 6 heteroatoms. The first-order valence-corrected chi connectivity index (χ1v) is 7.09. The van der Waals surface area contributed by atoms with Gasteiger partial charge in [0, 0.05) is 17.1 Å². The van der Waals surface area contributed by atoms with Crippen molar-refractivity contribution in [3.63, 3.8) is 0 Å². The molecular formula is C16H13ClN2O3. The van der Waals surface area contributed by atoms with Crippen molar-refractivity contribution in [1.29, 1.82) is 0 Å². The minimum Gasteiger partial charge on any atom is -0.482 e. The van der Waals surface area contributed by atoms with Crippen molar-refractivity contribution in [3.05, 3.63) is 58.6 Å². The molecule has 0 aromatic heterocycles. The van der Waals surface area contributed by atoms with Crippen LogP contribution in [0.4, 0.5) is 5.69 Å². The second-order valence-corrected chi connectivity index (χ2v) is 5.29. The first kappa shape index (κ1) is 14.4. The van der Waals surface area contributed by atoms with Gasteiger partial charge in [0.1, 0.15) is 5.75 Å². The molecule has 2 aromatic carbocycles. The summed E-state index contributed by atoms with van der Waals surface area (Å²) in [7, 11) is 0. The van der Waals surface area contributed by atoms with Crippen molar-refractivity contribution in [3.8, 4) is 5.75 Å². The first-order valence-electron chi connectivity index (χ1n) is 6.71. The molecule has 2 aromatic rings. The molecule has 1 aliphatic rings. The van der Waals surface area contributed by atoms with Crippen LogP contribution in [0.3, 0.4) is 0 Å². The van der Waals surface area contributed by atoms with E-state index in [9.17, 15) is 9.59 Å². The SMILES string of the molecule is O=C1COc2ccc(C(=O)NCc3ccc(Cl)cc3)cc2N1. The number of rotatable bonds is 3. The highest BCUT2D eigenvalue weighted by molar-refractivity contribution is 6.30. The standard InChI is InChI=1S/C16H13ClN2O3/c17-12-4-1-10(2-5-12)8-18-16(21)11-3-6-14-13(7-11)19-15(20)9-22-14/h1-7H,8-9H2,(H,18,21)(H,19,20). The van der Waals surface area contributed by atoms with Crippen molar-refractivity contribution in [2.24, 2.45) is 0 Å². The quantitative estimate of drug-likeness (QED) is 0.914. The molecule has 2 N–H and O–H groups in total. The molecule has 0 fully saturated rings. The van der Waals surface area contributed by atoms with E-state index in [1.807, 2.05) is 12.1 Å². The molecule has 112 valence electrons. The van der Waals surface area contributed by atoms with Gasteiger partial charge in [0.05, 0.1) is 5.69 Å². The van der Waals surface area contributed by atoms with Gasteiger partial charge in [0.2, 0.25) is 0 Å². The Bertz CT molecular complexity index is 729. The van der Waals surface area contributed by atoms with Gasteiger partial charge in [-0.15, -0.1) is 0 Å². The Labute approximate surface area is 132 Å². The van der Waals surface area contributed by atoms with Crippen LogP contribution in [0.2, 0.25) is 5.02 Å². The molecule has 1 heterocycles. The Morgan fingerprint density at radius 1 is 1.23 bits per heavy atom. The van der Waals surface area contributed by atoms with Gasteiger partial charge in [0.25, 0.3) is 11.8 Å². The van der Waals surface area contributed by atoms with E-state index < -0.39 is 0 Å². The number of carbonyl (C=O) groups is 2. The maximum atomic E-state index is 12.2. The maximum absolute atomic E-state index is 12.2. The summed E-state index contributed by atoms with van der Waals surface area (Å²) in [5.41, 5.74) is 1.92. The van der Waals surface area contributed by atoms with Gasteiger partial charge >= 0.3 is 0 Å². The molecule has 0 radical (unpaired) electrons.